The van der Waals surface area contributed by atoms with Crippen LogP contribution < -0.4 is 5.32 Å². The van der Waals surface area contributed by atoms with E-state index in [1.807, 2.05) is 12.1 Å². The molecular formula is C18H31NO2. The van der Waals surface area contributed by atoms with E-state index in [0.29, 0.717) is 6.10 Å². The van der Waals surface area contributed by atoms with Gasteiger partial charge in [0, 0.05) is 6.61 Å². The Kier molecular flexibility index (Phi) is 9.31. The zero-order valence-electron chi connectivity index (χ0n) is 13.8. The van der Waals surface area contributed by atoms with Gasteiger partial charge in [-0.2, -0.15) is 0 Å². The maximum absolute atomic E-state index is 10.2. The molecule has 0 spiro atoms. The molecule has 1 aromatic rings. The summed E-state index contributed by atoms with van der Waals surface area (Å²) >= 11 is 0. The highest BCUT2D eigenvalue weighted by molar-refractivity contribution is 5.24. The largest absolute Gasteiger partial charge is 0.388 e. The molecule has 1 atom stereocenters. The summed E-state index contributed by atoms with van der Waals surface area (Å²) in [7, 11) is 0. The number of rotatable bonds is 11. The SMILES string of the molecule is CCCc1ccc(C(O)CCNCCCOC(C)C)cc1. The van der Waals surface area contributed by atoms with Crippen LogP contribution in [-0.2, 0) is 11.2 Å². The zero-order valence-corrected chi connectivity index (χ0v) is 13.8. The van der Waals surface area contributed by atoms with Crippen LogP contribution in [0.25, 0.3) is 0 Å². The lowest BCUT2D eigenvalue weighted by Gasteiger charge is -2.13. The van der Waals surface area contributed by atoms with E-state index in [2.05, 4.69) is 38.2 Å². The third-order valence-corrected chi connectivity index (χ3v) is 3.45. The summed E-state index contributed by atoms with van der Waals surface area (Å²) in [5.41, 5.74) is 2.36. The highest BCUT2D eigenvalue weighted by Gasteiger charge is 2.06. The number of aryl methyl sites for hydroxylation is 1. The number of hydrogen-bond donors (Lipinski definition) is 2. The minimum Gasteiger partial charge on any atom is -0.388 e. The van der Waals surface area contributed by atoms with E-state index in [9.17, 15) is 5.11 Å². The van der Waals surface area contributed by atoms with Crippen molar-refractivity contribution in [3.8, 4) is 0 Å². The van der Waals surface area contributed by atoms with Gasteiger partial charge >= 0.3 is 0 Å². The first kappa shape index (κ1) is 18.1. The summed E-state index contributed by atoms with van der Waals surface area (Å²) in [6.45, 7) is 8.85. The van der Waals surface area contributed by atoms with Crippen LogP contribution in [0.3, 0.4) is 0 Å². The van der Waals surface area contributed by atoms with E-state index in [1.165, 1.54) is 5.56 Å². The molecule has 0 aliphatic rings. The second-order valence-corrected chi connectivity index (χ2v) is 5.82. The highest BCUT2D eigenvalue weighted by atomic mass is 16.5. The number of nitrogens with one attached hydrogen (secondary N) is 1. The van der Waals surface area contributed by atoms with Gasteiger partial charge in [-0.1, -0.05) is 37.6 Å². The Hall–Kier alpha value is -0.900. The molecule has 3 nitrogen and oxygen atoms in total. The van der Waals surface area contributed by atoms with Crippen molar-refractivity contribution in [2.24, 2.45) is 0 Å². The highest BCUT2D eigenvalue weighted by Crippen LogP contribution is 2.17. The summed E-state index contributed by atoms with van der Waals surface area (Å²) < 4.78 is 5.48. The molecule has 2 N–H and O–H groups in total. The van der Waals surface area contributed by atoms with Gasteiger partial charge in [0.25, 0.3) is 0 Å². The summed E-state index contributed by atoms with van der Waals surface area (Å²) in [4.78, 5) is 0. The Morgan fingerprint density at radius 1 is 1.14 bits per heavy atom. The standard InChI is InChI=1S/C18H31NO2/c1-4-6-16-7-9-17(10-8-16)18(20)11-13-19-12-5-14-21-15(2)3/h7-10,15,18-20H,4-6,11-14H2,1-3H3. The predicted molar refractivity (Wildman–Crippen MR) is 88.6 cm³/mol. The van der Waals surface area contributed by atoms with Gasteiger partial charge in [-0.25, -0.2) is 0 Å². The molecule has 0 radical (unpaired) electrons. The average Bonchev–Trinajstić information content (AvgIpc) is 2.47. The van der Waals surface area contributed by atoms with Gasteiger partial charge in [0.05, 0.1) is 12.2 Å². The zero-order chi connectivity index (χ0) is 15.5. The summed E-state index contributed by atoms with van der Waals surface area (Å²) in [5.74, 6) is 0. The lowest BCUT2D eigenvalue weighted by atomic mass is 10.0. The van der Waals surface area contributed by atoms with Crippen LogP contribution in [0, 0.1) is 0 Å². The maximum atomic E-state index is 10.2. The van der Waals surface area contributed by atoms with Crippen LogP contribution in [0.15, 0.2) is 24.3 Å². The molecule has 0 amide bonds. The van der Waals surface area contributed by atoms with E-state index in [1.54, 1.807) is 0 Å². The van der Waals surface area contributed by atoms with Crippen LogP contribution in [0.1, 0.15) is 57.3 Å². The van der Waals surface area contributed by atoms with Gasteiger partial charge < -0.3 is 15.2 Å². The molecule has 1 aromatic carbocycles. The average molecular weight is 293 g/mol. The van der Waals surface area contributed by atoms with Gasteiger partial charge in [-0.15, -0.1) is 0 Å². The molecule has 1 rings (SSSR count). The Morgan fingerprint density at radius 2 is 1.86 bits per heavy atom. The van der Waals surface area contributed by atoms with Crippen LogP contribution >= 0.6 is 0 Å². The molecule has 0 saturated carbocycles. The fourth-order valence-electron chi connectivity index (χ4n) is 2.24. The molecule has 0 heterocycles. The molecule has 0 fully saturated rings. The van der Waals surface area contributed by atoms with Crippen LogP contribution in [0.4, 0.5) is 0 Å². The van der Waals surface area contributed by atoms with Crippen LogP contribution in [0.2, 0.25) is 0 Å². The van der Waals surface area contributed by atoms with E-state index in [-0.39, 0.29) is 6.10 Å². The van der Waals surface area contributed by atoms with Crippen molar-refractivity contribution in [2.75, 3.05) is 19.7 Å². The second kappa shape index (κ2) is 10.8. The van der Waals surface area contributed by atoms with E-state index in [4.69, 9.17) is 4.74 Å². The lowest BCUT2D eigenvalue weighted by molar-refractivity contribution is 0.0769. The second-order valence-electron chi connectivity index (χ2n) is 5.82. The minimum atomic E-state index is -0.375. The molecule has 0 aliphatic carbocycles. The monoisotopic (exact) mass is 293 g/mol. The Balaban J connectivity index is 2.14. The lowest BCUT2D eigenvalue weighted by Crippen LogP contribution is -2.20. The molecule has 0 aromatic heterocycles. The predicted octanol–water partition coefficient (Wildman–Crippen LogP) is 3.47. The topological polar surface area (TPSA) is 41.5 Å². The van der Waals surface area contributed by atoms with Gasteiger partial charge in [0.2, 0.25) is 0 Å². The quantitative estimate of drug-likeness (QED) is 0.614. The van der Waals surface area contributed by atoms with Crippen molar-refractivity contribution in [3.05, 3.63) is 35.4 Å². The fraction of sp³-hybridized carbons (Fsp3) is 0.667. The number of aliphatic hydroxyl groups excluding tert-OH is 1. The molecule has 120 valence electrons. The molecule has 1 unspecified atom stereocenters. The van der Waals surface area contributed by atoms with Crippen molar-refractivity contribution < 1.29 is 9.84 Å². The van der Waals surface area contributed by atoms with Crippen molar-refractivity contribution >= 4 is 0 Å². The first-order valence-corrected chi connectivity index (χ1v) is 8.22. The van der Waals surface area contributed by atoms with Crippen molar-refractivity contribution in [3.63, 3.8) is 0 Å². The number of hydrogen-bond acceptors (Lipinski definition) is 3. The number of aliphatic hydroxyl groups is 1. The molecule has 0 bridgehead atoms. The number of ether oxygens (including phenoxy) is 1. The molecule has 3 heteroatoms. The van der Waals surface area contributed by atoms with Crippen LogP contribution in [0.5, 0.6) is 0 Å². The van der Waals surface area contributed by atoms with Gasteiger partial charge in [0.15, 0.2) is 0 Å². The third-order valence-electron chi connectivity index (χ3n) is 3.45. The summed E-state index contributed by atoms with van der Waals surface area (Å²) in [6, 6.07) is 8.34. The van der Waals surface area contributed by atoms with Crippen molar-refractivity contribution in [1.29, 1.82) is 0 Å². The molecular weight excluding hydrogens is 262 g/mol. The first-order chi connectivity index (χ1) is 10.1. The molecule has 0 saturated heterocycles. The van der Waals surface area contributed by atoms with Crippen molar-refractivity contribution in [2.45, 2.75) is 58.7 Å². The summed E-state index contributed by atoms with van der Waals surface area (Å²) in [5, 5.41) is 13.5. The third kappa shape index (κ3) is 8.20. The van der Waals surface area contributed by atoms with E-state index < -0.39 is 0 Å². The van der Waals surface area contributed by atoms with Gasteiger partial charge in [-0.3, -0.25) is 0 Å². The summed E-state index contributed by atoms with van der Waals surface area (Å²) in [6.07, 6.45) is 3.96. The van der Waals surface area contributed by atoms with Crippen molar-refractivity contribution in [1.82, 2.24) is 5.32 Å². The Labute approximate surface area is 129 Å². The Bertz CT molecular complexity index is 362. The number of benzene rings is 1. The fourth-order valence-corrected chi connectivity index (χ4v) is 2.24. The minimum absolute atomic E-state index is 0.308. The van der Waals surface area contributed by atoms with E-state index in [0.717, 1.165) is 50.9 Å². The van der Waals surface area contributed by atoms with Gasteiger partial charge in [-0.05, 0) is 57.3 Å². The maximum Gasteiger partial charge on any atom is 0.0802 e. The Morgan fingerprint density at radius 3 is 2.48 bits per heavy atom. The van der Waals surface area contributed by atoms with Gasteiger partial charge in [0.1, 0.15) is 0 Å². The van der Waals surface area contributed by atoms with Crippen LogP contribution in [-0.4, -0.2) is 30.9 Å². The smallest absolute Gasteiger partial charge is 0.0802 e. The van der Waals surface area contributed by atoms with E-state index >= 15 is 0 Å². The normalized spacial score (nSPS) is 12.8. The first-order valence-electron chi connectivity index (χ1n) is 8.22. The molecule has 21 heavy (non-hydrogen) atoms. The molecule has 0 aliphatic heterocycles.